The van der Waals surface area contributed by atoms with Crippen molar-refractivity contribution in [2.75, 3.05) is 5.32 Å². The largest absolute Gasteiger partial charge is 0.439 e. The van der Waals surface area contributed by atoms with Crippen molar-refractivity contribution in [2.24, 2.45) is 0 Å². The smallest absolute Gasteiger partial charge is 0.324 e. The van der Waals surface area contributed by atoms with Gasteiger partial charge in [0.25, 0.3) is 5.91 Å². The van der Waals surface area contributed by atoms with E-state index in [1.807, 2.05) is 0 Å². The number of thiazole rings is 1. The summed E-state index contributed by atoms with van der Waals surface area (Å²) < 4.78 is 82.8. The number of fused-ring (bicyclic) bond motifs is 1. The van der Waals surface area contributed by atoms with Gasteiger partial charge in [-0.05, 0) is 31.2 Å². The molecule has 1 aromatic heterocycles. The molecule has 0 spiro atoms. The van der Waals surface area contributed by atoms with Crippen LogP contribution in [0.3, 0.4) is 0 Å². The molecule has 154 valence electrons. The number of para-hydroxylation sites is 1. The maximum Gasteiger partial charge on any atom is 0.439 e. The summed E-state index contributed by atoms with van der Waals surface area (Å²) in [5, 5.41) is 1.87. The first-order valence-electron chi connectivity index (χ1n) is 8.09. The molecular formula is C18H13F6N3OS. The third-order valence-corrected chi connectivity index (χ3v) is 5.01. The molecular weight excluding hydrogens is 420 g/mol. The summed E-state index contributed by atoms with van der Waals surface area (Å²) in [7, 11) is 0. The molecule has 29 heavy (non-hydrogen) atoms. The zero-order chi connectivity index (χ0) is 21.4. The van der Waals surface area contributed by atoms with Crippen molar-refractivity contribution in [1.29, 1.82) is 0 Å². The summed E-state index contributed by atoms with van der Waals surface area (Å²) in [6, 6.07) is 11.2. The third-order valence-electron chi connectivity index (χ3n) is 4.05. The van der Waals surface area contributed by atoms with Crippen LogP contribution >= 0.6 is 11.3 Å². The van der Waals surface area contributed by atoms with E-state index in [0.29, 0.717) is 21.6 Å². The maximum absolute atomic E-state index is 13.7. The van der Waals surface area contributed by atoms with Gasteiger partial charge in [0.2, 0.25) is 0 Å². The van der Waals surface area contributed by atoms with Crippen molar-refractivity contribution in [2.45, 2.75) is 24.9 Å². The van der Waals surface area contributed by atoms with E-state index in [1.165, 1.54) is 29.6 Å². The van der Waals surface area contributed by atoms with Crippen molar-refractivity contribution < 1.29 is 31.1 Å². The average molecular weight is 433 g/mol. The summed E-state index contributed by atoms with van der Waals surface area (Å²) in [6.45, 7) is 1.66. The van der Waals surface area contributed by atoms with Gasteiger partial charge < -0.3 is 10.6 Å². The highest BCUT2D eigenvalue weighted by atomic mass is 32.1. The molecule has 2 aromatic carbocycles. The SMILES string of the molecule is Cc1ccc(C(=O)NC(Nc2nc3ccccc3s2)(C(F)(F)F)C(F)(F)F)cc1. The summed E-state index contributed by atoms with van der Waals surface area (Å²) in [6.07, 6.45) is -11.8. The quantitative estimate of drug-likeness (QED) is 0.436. The van der Waals surface area contributed by atoms with Crippen molar-refractivity contribution in [1.82, 2.24) is 10.3 Å². The molecule has 0 aliphatic heterocycles. The van der Waals surface area contributed by atoms with E-state index in [-0.39, 0.29) is 11.1 Å². The van der Waals surface area contributed by atoms with Crippen LogP contribution in [-0.2, 0) is 0 Å². The molecule has 0 radical (unpaired) electrons. The van der Waals surface area contributed by atoms with Crippen molar-refractivity contribution >= 4 is 32.6 Å². The van der Waals surface area contributed by atoms with Gasteiger partial charge in [-0.3, -0.25) is 4.79 Å². The van der Waals surface area contributed by atoms with Crippen LogP contribution in [-0.4, -0.2) is 28.9 Å². The predicted octanol–water partition coefficient (Wildman–Crippen LogP) is 5.27. The second-order valence-electron chi connectivity index (χ2n) is 6.18. The minimum Gasteiger partial charge on any atom is -0.324 e. The number of aromatic nitrogens is 1. The Kier molecular flexibility index (Phi) is 5.20. The minimum atomic E-state index is -5.91. The van der Waals surface area contributed by atoms with Crippen molar-refractivity contribution in [3.05, 3.63) is 59.7 Å². The lowest BCUT2D eigenvalue weighted by Crippen LogP contribution is -2.72. The van der Waals surface area contributed by atoms with Gasteiger partial charge in [-0.2, -0.15) is 26.3 Å². The van der Waals surface area contributed by atoms with Gasteiger partial charge in [0.05, 0.1) is 10.2 Å². The molecule has 2 N–H and O–H groups in total. The second-order valence-corrected chi connectivity index (χ2v) is 7.21. The maximum atomic E-state index is 13.7. The van der Waals surface area contributed by atoms with E-state index in [4.69, 9.17) is 0 Å². The summed E-state index contributed by atoms with van der Waals surface area (Å²) >= 11 is 0.608. The molecule has 0 atom stereocenters. The van der Waals surface area contributed by atoms with Crippen LogP contribution < -0.4 is 10.6 Å². The number of hydrogen-bond donors (Lipinski definition) is 2. The van der Waals surface area contributed by atoms with Gasteiger partial charge in [0.1, 0.15) is 0 Å². The average Bonchev–Trinajstić information content (AvgIpc) is 3.02. The first-order valence-corrected chi connectivity index (χ1v) is 8.91. The fourth-order valence-electron chi connectivity index (χ4n) is 2.51. The van der Waals surface area contributed by atoms with Crippen molar-refractivity contribution in [3.8, 4) is 0 Å². The van der Waals surface area contributed by atoms with Crippen LogP contribution in [0.15, 0.2) is 48.5 Å². The van der Waals surface area contributed by atoms with E-state index < -0.39 is 29.1 Å². The fraction of sp³-hybridized carbons (Fsp3) is 0.222. The Labute approximate surface area is 164 Å². The van der Waals surface area contributed by atoms with Gasteiger partial charge in [-0.1, -0.05) is 41.2 Å². The highest BCUT2D eigenvalue weighted by Crippen LogP contribution is 2.44. The number of carbonyl (C=O) groups excluding carboxylic acids is 1. The normalized spacial score (nSPS) is 12.8. The number of nitrogens with one attached hydrogen (secondary N) is 2. The van der Waals surface area contributed by atoms with Crippen LogP contribution in [0.5, 0.6) is 0 Å². The van der Waals surface area contributed by atoms with Crippen LogP contribution in [0.1, 0.15) is 15.9 Å². The lowest BCUT2D eigenvalue weighted by Gasteiger charge is -2.38. The number of benzene rings is 2. The van der Waals surface area contributed by atoms with E-state index in [9.17, 15) is 31.1 Å². The van der Waals surface area contributed by atoms with Gasteiger partial charge in [-0.25, -0.2) is 4.98 Å². The lowest BCUT2D eigenvalue weighted by molar-refractivity contribution is -0.294. The lowest BCUT2D eigenvalue weighted by atomic mass is 10.1. The molecule has 1 heterocycles. The minimum absolute atomic E-state index is 0.225. The molecule has 1 amide bonds. The third kappa shape index (κ3) is 4.00. The molecule has 3 rings (SSSR count). The Morgan fingerprint density at radius 1 is 0.931 bits per heavy atom. The second kappa shape index (κ2) is 7.21. The molecule has 0 aliphatic rings. The molecule has 0 saturated heterocycles. The predicted molar refractivity (Wildman–Crippen MR) is 96.7 cm³/mol. The number of halogens is 6. The topological polar surface area (TPSA) is 54.0 Å². The van der Waals surface area contributed by atoms with E-state index in [1.54, 1.807) is 19.1 Å². The fourth-order valence-corrected chi connectivity index (χ4v) is 3.43. The molecule has 0 unspecified atom stereocenters. The zero-order valence-corrected chi connectivity index (χ0v) is 15.5. The van der Waals surface area contributed by atoms with Crippen LogP contribution in [0.4, 0.5) is 31.5 Å². The first-order chi connectivity index (χ1) is 13.4. The Bertz CT molecular complexity index is 979. The van der Waals surface area contributed by atoms with Crippen LogP contribution in [0.25, 0.3) is 10.2 Å². The monoisotopic (exact) mass is 433 g/mol. The van der Waals surface area contributed by atoms with Gasteiger partial charge in [0.15, 0.2) is 5.13 Å². The Morgan fingerprint density at radius 3 is 2.07 bits per heavy atom. The molecule has 0 bridgehead atoms. The van der Waals surface area contributed by atoms with Gasteiger partial charge in [-0.15, -0.1) is 0 Å². The Morgan fingerprint density at radius 2 is 1.52 bits per heavy atom. The number of hydrogen-bond acceptors (Lipinski definition) is 4. The summed E-state index contributed by atoms with van der Waals surface area (Å²) in [5.41, 5.74) is -4.16. The molecule has 0 fully saturated rings. The number of nitrogens with zero attached hydrogens (tertiary/aromatic N) is 1. The number of anilines is 1. The summed E-state index contributed by atoms with van der Waals surface area (Å²) in [5.74, 6) is -1.53. The standard InChI is InChI=1S/C18H13F6N3OS/c1-10-6-8-11(9-7-10)14(28)26-16(17(19,20)21,18(22,23)24)27-15-25-12-4-2-3-5-13(12)29-15/h2-9H,1H3,(H,25,27)(H,26,28). The van der Waals surface area contributed by atoms with E-state index in [0.717, 1.165) is 17.4 Å². The zero-order valence-electron chi connectivity index (χ0n) is 14.7. The Balaban J connectivity index is 2.05. The van der Waals surface area contributed by atoms with Crippen LogP contribution in [0, 0.1) is 6.92 Å². The number of aryl methyl sites for hydroxylation is 1. The first kappa shape index (κ1) is 20.9. The Hall–Kier alpha value is -2.82. The molecule has 11 heteroatoms. The number of rotatable bonds is 4. The summed E-state index contributed by atoms with van der Waals surface area (Å²) in [4.78, 5) is 16.0. The molecule has 0 saturated carbocycles. The van der Waals surface area contributed by atoms with Crippen LogP contribution in [0.2, 0.25) is 0 Å². The van der Waals surface area contributed by atoms with E-state index >= 15 is 0 Å². The highest BCUT2D eigenvalue weighted by Gasteiger charge is 2.73. The number of amides is 1. The highest BCUT2D eigenvalue weighted by molar-refractivity contribution is 7.22. The van der Waals surface area contributed by atoms with Gasteiger partial charge >= 0.3 is 18.0 Å². The van der Waals surface area contributed by atoms with Crippen molar-refractivity contribution in [3.63, 3.8) is 0 Å². The molecule has 3 aromatic rings. The number of alkyl halides is 6. The van der Waals surface area contributed by atoms with E-state index in [2.05, 4.69) is 4.98 Å². The number of carbonyl (C=O) groups is 1. The molecule has 4 nitrogen and oxygen atoms in total. The molecule has 0 aliphatic carbocycles. The van der Waals surface area contributed by atoms with Gasteiger partial charge in [0, 0.05) is 5.56 Å².